The molecular weight excluding hydrogens is 198 g/mol. The molecule has 1 atom stereocenters. The summed E-state index contributed by atoms with van der Waals surface area (Å²) in [6.45, 7) is 5.35. The smallest absolute Gasteiger partial charge is 0.217 e. The number of hydrogen-bond acceptors (Lipinski definition) is 3. The molecule has 0 saturated heterocycles. The molecule has 82 valence electrons. The Balaban J connectivity index is 3.97. The van der Waals surface area contributed by atoms with E-state index in [2.05, 4.69) is 12.2 Å². The number of amides is 1. The lowest BCUT2D eigenvalue weighted by atomic mass is 10.1. The second-order valence-corrected chi connectivity index (χ2v) is 4.45. The molecule has 0 saturated carbocycles. The van der Waals surface area contributed by atoms with E-state index in [0.717, 1.165) is 17.9 Å². The van der Waals surface area contributed by atoms with Crippen LogP contribution in [0.3, 0.4) is 0 Å². The van der Waals surface area contributed by atoms with Gasteiger partial charge in [0.1, 0.15) is 0 Å². The average molecular weight is 217 g/mol. The van der Waals surface area contributed by atoms with E-state index in [1.807, 2.05) is 6.92 Å². The monoisotopic (exact) mass is 217 g/mol. The fourth-order valence-electron chi connectivity index (χ4n) is 1.15. The molecule has 1 unspecified atom stereocenters. The highest BCUT2D eigenvalue weighted by atomic mass is 32.2. The Morgan fingerprint density at radius 3 is 2.43 bits per heavy atom. The first-order valence-corrected chi connectivity index (χ1v) is 6.14. The van der Waals surface area contributed by atoms with Gasteiger partial charge in [0.15, 0.2) is 5.78 Å². The predicted octanol–water partition coefficient (Wildman–Crippen LogP) is 1.61. The zero-order chi connectivity index (χ0) is 11.0. The number of thioether (sulfide) groups is 1. The first-order chi connectivity index (χ1) is 6.61. The van der Waals surface area contributed by atoms with E-state index in [4.69, 9.17) is 0 Å². The van der Waals surface area contributed by atoms with Gasteiger partial charge in [-0.05, 0) is 17.9 Å². The Hall–Kier alpha value is -0.510. The normalized spacial score (nSPS) is 12.2. The highest BCUT2D eigenvalue weighted by Gasteiger charge is 2.16. The van der Waals surface area contributed by atoms with Gasteiger partial charge in [0.2, 0.25) is 5.91 Å². The third-order valence-corrected chi connectivity index (χ3v) is 2.80. The van der Waals surface area contributed by atoms with Gasteiger partial charge in [0, 0.05) is 13.3 Å². The molecule has 0 rings (SSSR count). The third kappa shape index (κ3) is 6.02. The van der Waals surface area contributed by atoms with E-state index in [-0.39, 0.29) is 17.7 Å². The van der Waals surface area contributed by atoms with Crippen LogP contribution in [0.25, 0.3) is 0 Å². The fourth-order valence-corrected chi connectivity index (χ4v) is 1.84. The first kappa shape index (κ1) is 13.5. The van der Waals surface area contributed by atoms with E-state index in [1.165, 1.54) is 6.92 Å². The van der Waals surface area contributed by atoms with Crippen molar-refractivity contribution in [2.75, 3.05) is 11.5 Å². The maximum Gasteiger partial charge on any atom is 0.217 e. The van der Waals surface area contributed by atoms with Gasteiger partial charge < -0.3 is 5.32 Å². The lowest BCUT2D eigenvalue weighted by molar-refractivity contribution is -0.126. The number of carbonyl (C=O) groups is 2. The fraction of sp³-hybridized carbons (Fsp3) is 0.800. The number of nitrogens with one attached hydrogen (secondary N) is 1. The average Bonchev–Trinajstić information content (AvgIpc) is 2.15. The summed E-state index contributed by atoms with van der Waals surface area (Å²) in [6, 6.07) is -0.281. The van der Waals surface area contributed by atoms with Crippen LogP contribution >= 0.6 is 11.8 Å². The zero-order valence-electron chi connectivity index (χ0n) is 9.13. The number of ketones is 1. The molecule has 14 heavy (non-hydrogen) atoms. The van der Waals surface area contributed by atoms with Crippen LogP contribution in [0, 0.1) is 0 Å². The molecule has 0 aliphatic heterocycles. The SMILES string of the molecule is CCSCCC(NC(C)=O)C(=O)CC. The maximum atomic E-state index is 11.4. The van der Waals surface area contributed by atoms with Gasteiger partial charge >= 0.3 is 0 Å². The van der Waals surface area contributed by atoms with Gasteiger partial charge in [-0.15, -0.1) is 0 Å². The van der Waals surface area contributed by atoms with Crippen molar-refractivity contribution in [1.82, 2.24) is 5.32 Å². The minimum absolute atomic E-state index is 0.122. The van der Waals surface area contributed by atoms with E-state index >= 15 is 0 Å². The van der Waals surface area contributed by atoms with Crippen molar-refractivity contribution in [1.29, 1.82) is 0 Å². The molecule has 1 N–H and O–H groups in total. The topological polar surface area (TPSA) is 46.2 Å². The standard InChI is InChI=1S/C10H19NO2S/c1-4-10(13)9(11-8(3)12)6-7-14-5-2/h9H,4-7H2,1-3H3,(H,11,12). The third-order valence-electron chi connectivity index (χ3n) is 1.87. The summed E-state index contributed by atoms with van der Waals surface area (Å²) in [5.74, 6) is 1.97. The first-order valence-electron chi connectivity index (χ1n) is 4.99. The van der Waals surface area contributed by atoms with Crippen molar-refractivity contribution in [2.45, 2.75) is 39.7 Å². The molecule has 0 spiro atoms. The van der Waals surface area contributed by atoms with Gasteiger partial charge in [-0.25, -0.2) is 0 Å². The van der Waals surface area contributed by atoms with Crippen molar-refractivity contribution >= 4 is 23.5 Å². The van der Waals surface area contributed by atoms with Crippen LogP contribution in [-0.4, -0.2) is 29.2 Å². The van der Waals surface area contributed by atoms with Gasteiger partial charge in [-0.3, -0.25) is 9.59 Å². The van der Waals surface area contributed by atoms with Crippen LogP contribution in [0.5, 0.6) is 0 Å². The molecule has 0 aromatic carbocycles. The van der Waals surface area contributed by atoms with Crippen molar-refractivity contribution < 1.29 is 9.59 Å². The van der Waals surface area contributed by atoms with E-state index in [9.17, 15) is 9.59 Å². The molecule has 0 aliphatic rings. The van der Waals surface area contributed by atoms with Crippen molar-refractivity contribution in [3.05, 3.63) is 0 Å². The zero-order valence-corrected chi connectivity index (χ0v) is 9.95. The van der Waals surface area contributed by atoms with Crippen molar-refractivity contribution in [2.24, 2.45) is 0 Å². The van der Waals surface area contributed by atoms with Crippen LogP contribution in [0.1, 0.15) is 33.6 Å². The Morgan fingerprint density at radius 2 is 2.00 bits per heavy atom. The number of rotatable bonds is 7. The number of carbonyl (C=O) groups excluding carboxylic acids is 2. The van der Waals surface area contributed by atoms with Crippen LogP contribution < -0.4 is 5.32 Å². The van der Waals surface area contributed by atoms with E-state index in [0.29, 0.717) is 6.42 Å². The summed E-state index contributed by atoms with van der Waals surface area (Å²) in [6.07, 6.45) is 1.23. The number of Topliss-reactive ketones (excluding diaryl/α,β-unsaturated/α-hetero) is 1. The molecular formula is C10H19NO2S. The molecule has 0 radical (unpaired) electrons. The Bertz CT molecular complexity index is 195. The minimum atomic E-state index is -0.281. The molecule has 0 fully saturated rings. The summed E-state index contributed by atoms with van der Waals surface area (Å²) in [7, 11) is 0. The largest absolute Gasteiger partial charge is 0.347 e. The Labute approximate surface area is 90.0 Å². The molecule has 0 heterocycles. The quantitative estimate of drug-likeness (QED) is 0.659. The van der Waals surface area contributed by atoms with Gasteiger partial charge in [0.25, 0.3) is 0 Å². The predicted molar refractivity (Wildman–Crippen MR) is 60.5 cm³/mol. The lowest BCUT2D eigenvalue weighted by Crippen LogP contribution is -2.39. The van der Waals surface area contributed by atoms with Gasteiger partial charge in [0.05, 0.1) is 6.04 Å². The molecule has 0 aliphatic carbocycles. The highest BCUT2D eigenvalue weighted by Crippen LogP contribution is 2.06. The second kappa shape index (κ2) is 7.85. The second-order valence-electron chi connectivity index (χ2n) is 3.06. The van der Waals surface area contributed by atoms with E-state index < -0.39 is 0 Å². The molecule has 0 aromatic heterocycles. The molecule has 0 bridgehead atoms. The van der Waals surface area contributed by atoms with Crippen LogP contribution in [-0.2, 0) is 9.59 Å². The Kier molecular flexibility index (Phi) is 7.57. The summed E-state index contributed by atoms with van der Waals surface area (Å²) < 4.78 is 0. The van der Waals surface area contributed by atoms with Crippen molar-refractivity contribution in [3.8, 4) is 0 Å². The molecule has 4 heteroatoms. The minimum Gasteiger partial charge on any atom is -0.347 e. The maximum absolute atomic E-state index is 11.4. The highest BCUT2D eigenvalue weighted by molar-refractivity contribution is 7.99. The van der Waals surface area contributed by atoms with Crippen LogP contribution in [0.15, 0.2) is 0 Å². The van der Waals surface area contributed by atoms with Crippen LogP contribution in [0.4, 0.5) is 0 Å². The lowest BCUT2D eigenvalue weighted by Gasteiger charge is -2.15. The van der Waals surface area contributed by atoms with Gasteiger partial charge in [-0.1, -0.05) is 13.8 Å². The van der Waals surface area contributed by atoms with Crippen molar-refractivity contribution in [3.63, 3.8) is 0 Å². The Morgan fingerprint density at radius 1 is 1.36 bits per heavy atom. The summed E-state index contributed by atoms with van der Waals surface area (Å²) in [5, 5.41) is 2.69. The summed E-state index contributed by atoms with van der Waals surface area (Å²) in [4.78, 5) is 22.3. The molecule has 0 aromatic rings. The van der Waals surface area contributed by atoms with E-state index in [1.54, 1.807) is 11.8 Å². The molecule has 3 nitrogen and oxygen atoms in total. The number of hydrogen-bond donors (Lipinski definition) is 1. The molecule has 1 amide bonds. The van der Waals surface area contributed by atoms with Gasteiger partial charge in [-0.2, -0.15) is 11.8 Å². The summed E-state index contributed by atoms with van der Waals surface area (Å²) in [5.41, 5.74) is 0. The summed E-state index contributed by atoms with van der Waals surface area (Å²) >= 11 is 1.79. The van der Waals surface area contributed by atoms with Crippen LogP contribution in [0.2, 0.25) is 0 Å².